The Morgan fingerprint density at radius 1 is 1.50 bits per heavy atom. The molecular weight excluding hydrogens is 180 g/mol. The van der Waals surface area contributed by atoms with Crippen LogP contribution in [-0.4, -0.2) is 28.1 Å². The molecule has 0 aromatic carbocycles. The number of hydrogen-bond donors (Lipinski definition) is 1. The van der Waals surface area contributed by atoms with Gasteiger partial charge in [-0.2, -0.15) is 5.10 Å². The Morgan fingerprint density at radius 3 is 2.64 bits per heavy atom. The van der Waals surface area contributed by atoms with E-state index in [1.54, 1.807) is 4.68 Å². The molecule has 1 N–H and O–H groups in total. The van der Waals surface area contributed by atoms with E-state index in [-0.39, 0.29) is 0 Å². The molecule has 78 valence electrons. The van der Waals surface area contributed by atoms with Crippen LogP contribution in [0.4, 0.5) is 0 Å². The van der Waals surface area contributed by atoms with Crippen LogP contribution in [0.15, 0.2) is 6.20 Å². The highest BCUT2D eigenvalue weighted by Crippen LogP contribution is 2.33. The van der Waals surface area contributed by atoms with Gasteiger partial charge in [-0.1, -0.05) is 0 Å². The molecule has 4 nitrogen and oxygen atoms in total. The van der Waals surface area contributed by atoms with Crippen molar-refractivity contribution in [2.75, 3.05) is 13.2 Å². The third-order valence-corrected chi connectivity index (χ3v) is 2.83. The zero-order chi connectivity index (χ0) is 10.2. The lowest BCUT2D eigenvalue weighted by Crippen LogP contribution is -2.33. The summed E-state index contributed by atoms with van der Waals surface area (Å²) in [4.78, 5) is 0. The topological polar surface area (TPSA) is 47.3 Å². The van der Waals surface area contributed by atoms with Crippen LogP contribution in [0.5, 0.6) is 0 Å². The van der Waals surface area contributed by atoms with Crippen LogP contribution in [0, 0.1) is 6.92 Å². The van der Waals surface area contributed by atoms with E-state index < -0.39 is 5.60 Å². The Balaban J connectivity index is 2.32. The molecule has 0 spiro atoms. The van der Waals surface area contributed by atoms with Gasteiger partial charge in [0.2, 0.25) is 0 Å². The first-order valence-electron chi connectivity index (χ1n) is 4.93. The predicted octanol–water partition coefficient (Wildman–Crippen LogP) is 0.727. The molecule has 1 saturated heterocycles. The SMILES string of the molecule is Cc1nn(C)cc1C1(O)CCOCC1. The maximum Gasteiger partial charge on any atom is 0.0973 e. The van der Waals surface area contributed by atoms with Crippen LogP contribution in [-0.2, 0) is 17.4 Å². The molecule has 1 aliphatic rings. The number of aliphatic hydroxyl groups is 1. The van der Waals surface area contributed by atoms with Crippen LogP contribution in [0.1, 0.15) is 24.1 Å². The van der Waals surface area contributed by atoms with Gasteiger partial charge in [-0.3, -0.25) is 4.68 Å². The molecular formula is C10H16N2O2. The van der Waals surface area contributed by atoms with Crippen molar-refractivity contribution in [2.24, 2.45) is 7.05 Å². The predicted molar refractivity (Wildman–Crippen MR) is 51.9 cm³/mol. The first-order valence-corrected chi connectivity index (χ1v) is 4.93. The molecule has 1 aromatic rings. The first kappa shape index (κ1) is 9.68. The van der Waals surface area contributed by atoms with Crippen LogP contribution in [0.2, 0.25) is 0 Å². The normalized spacial score (nSPS) is 21.1. The quantitative estimate of drug-likeness (QED) is 0.720. The minimum Gasteiger partial charge on any atom is -0.385 e. The fourth-order valence-electron chi connectivity index (χ4n) is 2.03. The molecule has 4 heteroatoms. The van der Waals surface area contributed by atoms with E-state index in [2.05, 4.69) is 5.10 Å². The van der Waals surface area contributed by atoms with Crippen molar-refractivity contribution < 1.29 is 9.84 Å². The van der Waals surface area contributed by atoms with E-state index in [4.69, 9.17) is 4.74 Å². The van der Waals surface area contributed by atoms with E-state index in [9.17, 15) is 5.11 Å². The molecule has 2 rings (SSSR count). The number of nitrogens with zero attached hydrogens (tertiary/aromatic N) is 2. The van der Waals surface area contributed by atoms with Gasteiger partial charge in [-0.25, -0.2) is 0 Å². The monoisotopic (exact) mass is 196 g/mol. The van der Waals surface area contributed by atoms with Crippen molar-refractivity contribution in [2.45, 2.75) is 25.4 Å². The number of ether oxygens (including phenoxy) is 1. The average Bonchev–Trinajstić information content (AvgIpc) is 2.47. The van der Waals surface area contributed by atoms with Gasteiger partial charge in [-0.05, 0) is 6.92 Å². The molecule has 0 unspecified atom stereocenters. The summed E-state index contributed by atoms with van der Waals surface area (Å²) in [5, 5.41) is 14.7. The van der Waals surface area contributed by atoms with Gasteiger partial charge in [-0.15, -0.1) is 0 Å². The molecule has 1 aliphatic heterocycles. The Labute approximate surface area is 83.5 Å². The van der Waals surface area contributed by atoms with Crippen molar-refractivity contribution in [1.82, 2.24) is 9.78 Å². The lowest BCUT2D eigenvalue weighted by atomic mass is 9.87. The largest absolute Gasteiger partial charge is 0.385 e. The molecule has 0 bridgehead atoms. The van der Waals surface area contributed by atoms with Crippen LogP contribution < -0.4 is 0 Å². The van der Waals surface area contributed by atoms with Gasteiger partial charge >= 0.3 is 0 Å². The highest BCUT2D eigenvalue weighted by molar-refractivity contribution is 5.24. The van der Waals surface area contributed by atoms with Gasteiger partial charge in [0.15, 0.2) is 0 Å². The second-order valence-electron chi connectivity index (χ2n) is 3.95. The van der Waals surface area contributed by atoms with Crippen molar-refractivity contribution >= 4 is 0 Å². The van der Waals surface area contributed by atoms with Crippen molar-refractivity contribution in [3.05, 3.63) is 17.5 Å². The molecule has 0 radical (unpaired) electrons. The Bertz CT molecular complexity index is 327. The van der Waals surface area contributed by atoms with Crippen LogP contribution >= 0.6 is 0 Å². The van der Waals surface area contributed by atoms with E-state index in [1.807, 2.05) is 20.2 Å². The molecule has 0 aliphatic carbocycles. The third kappa shape index (κ3) is 1.55. The maximum atomic E-state index is 10.4. The Morgan fingerprint density at radius 2 is 2.14 bits per heavy atom. The van der Waals surface area contributed by atoms with Crippen molar-refractivity contribution in [1.29, 1.82) is 0 Å². The summed E-state index contributed by atoms with van der Waals surface area (Å²) in [6.07, 6.45) is 3.24. The van der Waals surface area contributed by atoms with Crippen molar-refractivity contribution in [3.8, 4) is 0 Å². The van der Waals surface area contributed by atoms with Gasteiger partial charge in [0.1, 0.15) is 0 Å². The average molecular weight is 196 g/mol. The summed E-state index contributed by atoms with van der Waals surface area (Å²) in [6, 6.07) is 0. The van der Waals surface area contributed by atoms with E-state index in [1.165, 1.54) is 0 Å². The highest BCUT2D eigenvalue weighted by atomic mass is 16.5. The zero-order valence-corrected chi connectivity index (χ0v) is 8.66. The molecule has 2 heterocycles. The number of aryl methyl sites for hydroxylation is 2. The molecule has 0 saturated carbocycles. The fourth-order valence-corrected chi connectivity index (χ4v) is 2.03. The van der Waals surface area contributed by atoms with Crippen LogP contribution in [0.25, 0.3) is 0 Å². The van der Waals surface area contributed by atoms with Gasteiger partial charge < -0.3 is 9.84 Å². The van der Waals surface area contributed by atoms with E-state index in [0.717, 1.165) is 11.3 Å². The summed E-state index contributed by atoms with van der Waals surface area (Å²) in [5.74, 6) is 0. The molecule has 0 amide bonds. The molecule has 14 heavy (non-hydrogen) atoms. The summed E-state index contributed by atoms with van der Waals surface area (Å²) in [7, 11) is 1.87. The standard InChI is InChI=1S/C10H16N2O2/c1-8-9(7-12(2)11-8)10(13)3-5-14-6-4-10/h7,13H,3-6H2,1-2H3. The van der Waals surface area contributed by atoms with Gasteiger partial charge in [0, 0.05) is 44.9 Å². The minimum absolute atomic E-state index is 0.630. The summed E-state index contributed by atoms with van der Waals surface area (Å²) in [6.45, 7) is 3.19. The highest BCUT2D eigenvalue weighted by Gasteiger charge is 2.34. The van der Waals surface area contributed by atoms with Crippen LogP contribution in [0.3, 0.4) is 0 Å². The molecule has 1 fully saturated rings. The zero-order valence-electron chi connectivity index (χ0n) is 8.66. The summed E-state index contributed by atoms with van der Waals surface area (Å²) < 4.78 is 6.99. The summed E-state index contributed by atoms with van der Waals surface area (Å²) in [5.41, 5.74) is 1.14. The number of hydrogen-bond acceptors (Lipinski definition) is 3. The number of rotatable bonds is 1. The molecule has 1 aromatic heterocycles. The number of aromatic nitrogens is 2. The lowest BCUT2D eigenvalue weighted by Gasteiger charge is -2.31. The maximum absolute atomic E-state index is 10.4. The third-order valence-electron chi connectivity index (χ3n) is 2.83. The van der Waals surface area contributed by atoms with Gasteiger partial charge in [0.05, 0.1) is 11.3 Å². The molecule has 0 atom stereocenters. The van der Waals surface area contributed by atoms with E-state index >= 15 is 0 Å². The Hall–Kier alpha value is -0.870. The summed E-state index contributed by atoms with van der Waals surface area (Å²) >= 11 is 0. The first-order chi connectivity index (χ1) is 6.62. The fraction of sp³-hybridized carbons (Fsp3) is 0.700. The van der Waals surface area contributed by atoms with Gasteiger partial charge in [0.25, 0.3) is 0 Å². The minimum atomic E-state index is -0.726. The van der Waals surface area contributed by atoms with E-state index in [0.29, 0.717) is 26.1 Å². The van der Waals surface area contributed by atoms with Crippen molar-refractivity contribution in [3.63, 3.8) is 0 Å². The second kappa shape index (κ2) is 3.37. The lowest BCUT2D eigenvalue weighted by molar-refractivity contribution is -0.0682. The Kier molecular flexibility index (Phi) is 2.33. The smallest absolute Gasteiger partial charge is 0.0973 e. The second-order valence-corrected chi connectivity index (χ2v) is 3.95.